The molecule has 0 aromatic carbocycles. The maximum Gasteiger partial charge on any atom is 0.167 e. The zero-order valence-electron chi connectivity index (χ0n) is 13.0. The quantitative estimate of drug-likeness (QED) is 0.385. The second-order valence-corrected chi connectivity index (χ2v) is 5.63. The number of aromatic nitrogens is 4. The van der Waals surface area contributed by atoms with Gasteiger partial charge in [-0.1, -0.05) is 0 Å². The molecule has 1 aliphatic rings. The predicted octanol–water partition coefficient (Wildman–Crippen LogP) is -1.38. The Morgan fingerprint density at radius 3 is 2.67 bits per heavy atom. The van der Waals surface area contributed by atoms with E-state index in [1.807, 2.05) is 0 Å². The van der Waals surface area contributed by atoms with Gasteiger partial charge in [0.1, 0.15) is 24.6 Å². The molecule has 0 bridgehead atoms. The number of rotatable bonds is 7. The number of unbranched alkanes of at least 4 members (excludes halogenated alkanes) is 1. The van der Waals surface area contributed by atoms with E-state index in [0.29, 0.717) is 29.9 Å². The third-order valence-corrected chi connectivity index (χ3v) is 4.03. The summed E-state index contributed by atoms with van der Waals surface area (Å²) in [7, 11) is 0. The Hall–Kier alpha value is -1.85. The van der Waals surface area contributed by atoms with Gasteiger partial charge < -0.3 is 30.5 Å². The first-order chi connectivity index (χ1) is 11.7. The fourth-order valence-electron chi connectivity index (χ4n) is 2.72. The van der Waals surface area contributed by atoms with Crippen molar-refractivity contribution >= 4 is 17.0 Å². The minimum Gasteiger partial charge on any atom is -0.396 e. The molecule has 10 heteroatoms. The highest BCUT2D eigenvalue weighted by Gasteiger charge is 2.44. The fourth-order valence-corrected chi connectivity index (χ4v) is 2.72. The van der Waals surface area contributed by atoms with Gasteiger partial charge in [0, 0.05) is 13.2 Å². The van der Waals surface area contributed by atoms with Gasteiger partial charge in [-0.25, -0.2) is 15.0 Å². The Balaban J connectivity index is 1.83. The van der Waals surface area contributed by atoms with Crippen molar-refractivity contribution < 1.29 is 25.2 Å². The Bertz CT molecular complexity index is 681. The van der Waals surface area contributed by atoms with E-state index in [4.69, 9.17) is 9.84 Å². The van der Waals surface area contributed by atoms with Crippen LogP contribution in [0.5, 0.6) is 0 Å². The first kappa shape index (κ1) is 17.0. The molecule has 4 unspecified atom stereocenters. The summed E-state index contributed by atoms with van der Waals surface area (Å²) in [5.41, 5.74) is 0.962. The van der Waals surface area contributed by atoms with E-state index in [0.717, 1.165) is 6.42 Å². The van der Waals surface area contributed by atoms with E-state index >= 15 is 0 Å². The number of fused-ring (bicyclic) bond motifs is 1. The van der Waals surface area contributed by atoms with Gasteiger partial charge in [0.15, 0.2) is 23.2 Å². The van der Waals surface area contributed by atoms with E-state index in [2.05, 4.69) is 20.3 Å². The van der Waals surface area contributed by atoms with Crippen LogP contribution in [0.4, 0.5) is 5.82 Å². The topological polar surface area (TPSA) is 146 Å². The van der Waals surface area contributed by atoms with Crippen LogP contribution < -0.4 is 5.32 Å². The average molecular weight is 339 g/mol. The molecule has 0 amide bonds. The standard InChI is InChI=1S/C14H21N5O5/c20-4-2-1-3-15-12-9-13(17-6-16-12)19(7-18-9)14-11(23)10(22)8(5-21)24-14/h6-8,10-11,14,20-23H,1-5H2,(H,15,16,17). The van der Waals surface area contributed by atoms with Crippen LogP contribution in [0.3, 0.4) is 0 Å². The summed E-state index contributed by atoms with van der Waals surface area (Å²) in [5, 5.41) is 41.2. The lowest BCUT2D eigenvalue weighted by Gasteiger charge is -2.16. The zero-order valence-corrected chi connectivity index (χ0v) is 13.0. The molecule has 1 saturated heterocycles. The number of imidazole rings is 1. The molecule has 3 rings (SSSR count). The van der Waals surface area contributed by atoms with Crippen molar-refractivity contribution in [2.45, 2.75) is 37.4 Å². The lowest BCUT2D eigenvalue weighted by Crippen LogP contribution is -2.33. The largest absolute Gasteiger partial charge is 0.396 e. The number of aliphatic hydroxyl groups is 4. The van der Waals surface area contributed by atoms with Crippen molar-refractivity contribution in [3.63, 3.8) is 0 Å². The van der Waals surface area contributed by atoms with Crippen molar-refractivity contribution in [3.05, 3.63) is 12.7 Å². The number of ether oxygens (including phenoxy) is 1. The molecule has 0 saturated carbocycles. The molecular formula is C14H21N5O5. The molecule has 1 aliphatic heterocycles. The molecule has 4 atom stereocenters. The summed E-state index contributed by atoms with van der Waals surface area (Å²) in [6.45, 7) is 0.377. The third kappa shape index (κ3) is 3.06. The molecule has 10 nitrogen and oxygen atoms in total. The van der Waals surface area contributed by atoms with E-state index in [1.165, 1.54) is 17.2 Å². The van der Waals surface area contributed by atoms with Crippen molar-refractivity contribution in [2.24, 2.45) is 0 Å². The molecule has 0 radical (unpaired) electrons. The summed E-state index contributed by atoms with van der Waals surface area (Å²) in [6.07, 6.45) is 0.176. The van der Waals surface area contributed by atoms with Crippen molar-refractivity contribution in [1.82, 2.24) is 19.5 Å². The summed E-state index contributed by atoms with van der Waals surface area (Å²) >= 11 is 0. The summed E-state index contributed by atoms with van der Waals surface area (Å²) in [4.78, 5) is 12.6. The lowest BCUT2D eigenvalue weighted by molar-refractivity contribution is -0.0511. The first-order valence-electron chi connectivity index (χ1n) is 7.82. The van der Waals surface area contributed by atoms with Crippen LogP contribution in [0.2, 0.25) is 0 Å². The number of nitrogens with one attached hydrogen (secondary N) is 1. The second-order valence-electron chi connectivity index (χ2n) is 5.63. The Kier molecular flexibility index (Phi) is 5.21. The molecule has 3 heterocycles. The van der Waals surface area contributed by atoms with Gasteiger partial charge >= 0.3 is 0 Å². The Morgan fingerprint density at radius 2 is 1.96 bits per heavy atom. The molecule has 132 valence electrons. The molecule has 5 N–H and O–H groups in total. The molecular weight excluding hydrogens is 318 g/mol. The monoisotopic (exact) mass is 339 g/mol. The van der Waals surface area contributed by atoms with Crippen LogP contribution in [-0.4, -0.2) is 78.0 Å². The van der Waals surface area contributed by atoms with Crippen LogP contribution in [0, 0.1) is 0 Å². The molecule has 0 aliphatic carbocycles. The van der Waals surface area contributed by atoms with Gasteiger partial charge in [-0.2, -0.15) is 0 Å². The van der Waals surface area contributed by atoms with Gasteiger partial charge in [0.25, 0.3) is 0 Å². The first-order valence-corrected chi connectivity index (χ1v) is 7.82. The molecule has 24 heavy (non-hydrogen) atoms. The van der Waals surface area contributed by atoms with Crippen molar-refractivity contribution in [2.75, 3.05) is 25.1 Å². The van der Waals surface area contributed by atoms with E-state index in [1.54, 1.807) is 0 Å². The average Bonchev–Trinajstić information content (AvgIpc) is 3.14. The maximum absolute atomic E-state index is 10.1. The second kappa shape index (κ2) is 7.36. The van der Waals surface area contributed by atoms with Crippen molar-refractivity contribution in [3.8, 4) is 0 Å². The Morgan fingerprint density at radius 1 is 1.12 bits per heavy atom. The van der Waals surface area contributed by atoms with Crippen LogP contribution >= 0.6 is 0 Å². The van der Waals surface area contributed by atoms with Crippen LogP contribution in [-0.2, 0) is 4.74 Å². The van der Waals surface area contributed by atoms with E-state index < -0.39 is 31.1 Å². The van der Waals surface area contributed by atoms with Crippen LogP contribution in [0.1, 0.15) is 19.1 Å². The molecule has 2 aromatic heterocycles. The third-order valence-electron chi connectivity index (χ3n) is 4.03. The van der Waals surface area contributed by atoms with Gasteiger partial charge in [-0.15, -0.1) is 0 Å². The summed E-state index contributed by atoms with van der Waals surface area (Å²) in [6, 6.07) is 0. The van der Waals surface area contributed by atoms with Gasteiger partial charge in [0.05, 0.1) is 12.9 Å². The SMILES string of the molecule is OCCCCNc1ncnc2c1ncn2C1OC(CO)C(O)C1O. The van der Waals surface area contributed by atoms with Crippen LogP contribution in [0.15, 0.2) is 12.7 Å². The minimum atomic E-state index is -1.20. The predicted molar refractivity (Wildman–Crippen MR) is 83.1 cm³/mol. The van der Waals surface area contributed by atoms with Gasteiger partial charge in [-0.3, -0.25) is 4.57 Å². The van der Waals surface area contributed by atoms with E-state index in [9.17, 15) is 15.3 Å². The number of nitrogens with zero attached hydrogens (tertiary/aromatic N) is 4. The highest BCUT2D eigenvalue weighted by atomic mass is 16.6. The van der Waals surface area contributed by atoms with Crippen molar-refractivity contribution in [1.29, 1.82) is 0 Å². The highest BCUT2D eigenvalue weighted by Crippen LogP contribution is 2.31. The highest BCUT2D eigenvalue weighted by molar-refractivity contribution is 5.82. The lowest BCUT2D eigenvalue weighted by atomic mass is 10.1. The number of aliphatic hydroxyl groups excluding tert-OH is 4. The number of hydrogen-bond donors (Lipinski definition) is 5. The number of anilines is 1. The number of hydrogen-bond acceptors (Lipinski definition) is 9. The smallest absolute Gasteiger partial charge is 0.167 e. The molecule has 0 spiro atoms. The van der Waals surface area contributed by atoms with Crippen LogP contribution in [0.25, 0.3) is 11.2 Å². The molecule has 2 aromatic rings. The normalized spacial score (nSPS) is 27.0. The summed E-state index contributed by atoms with van der Waals surface area (Å²) in [5.74, 6) is 0.545. The van der Waals surface area contributed by atoms with Gasteiger partial charge in [0.2, 0.25) is 0 Å². The van der Waals surface area contributed by atoms with Gasteiger partial charge in [-0.05, 0) is 12.8 Å². The zero-order chi connectivity index (χ0) is 17.1. The Labute approximate surface area is 137 Å². The molecule has 1 fully saturated rings. The maximum atomic E-state index is 10.1. The fraction of sp³-hybridized carbons (Fsp3) is 0.643. The van der Waals surface area contributed by atoms with E-state index in [-0.39, 0.29) is 6.61 Å². The summed E-state index contributed by atoms with van der Waals surface area (Å²) < 4.78 is 7.02. The minimum absolute atomic E-state index is 0.140.